The summed E-state index contributed by atoms with van der Waals surface area (Å²) in [6.45, 7) is 3.54. The third-order valence-electron chi connectivity index (χ3n) is 4.14. The maximum Gasteiger partial charge on any atom is 0.374 e. The molecule has 1 saturated heterocycles. The van der Waals surface area contributed by atoms with Gasteiger partial charge in [-0.25, -0.2) is 4.79 Å². The molecular weight excluding hydrogens is 280 g/mol. The summed E-state index contributed by atoms with van der Waals surface area (Å²) < 4.78 is 4.78. The number of rotatable bonds is 5. The molecule has 2 heterocycles. The van der Waals surface area contributed by atoms with Gasteiger partial charge in [-0.3, -0.25) is 0 Å². The minimum absolute atomic E-state index is 0.135. The Morgan fingerprint density at radius 2 is 1.91 bits per heavy atom. The number of piperidine rings is 1. The summed E-state index contributed by atoms with van der Waals surface area (Å²) in [6.07, 6.45) is 5.04. The Balaban J connectivity index is 1.60. The molecule has 1 aliphatic rings. The van der Waals surface area contributed by atoms with E-state index in [1.807, 2.05) is 12.1 Å². The molecule has 1 aliphatic heterocycles. The average molecular weight is 300 g/mol. The molecule has 2 aromatic rings. The van der Waals surface area contributed by atoms with Crippen molar-refractivity contribution in [1.82, 2.24) is 10.1 Å². The third kappa shape index (κ3) is 3.54. The SMILES string of the molecule is O=C(O)c1cc(-c2ccc(CCN3CCCCC3)cc2)no1. The van der Waals surface area contributed by atoms with Crippen molar-refractivity contribution in [2.75, 3.05) is 19.6 Å². The summed E-state index contributed by atoms with van der Waals surface area (Å²) in [5.41, 5.74) is 2.72. The van der Waals surface area contributed by atoms with Gasteiger partial charge >= 0.3 is 5.97 Å². The summed E-state index contributed by atoms with van der Waals surface area (Å²) in [5.74, 6) is -1.24. The Bertz CT molecular complexity index is 628. The van der Waals surface area contributed by atoms with Gasteiger partial charge in [-0.1, -0.05) is 35.8 Å². The fourth-order valence-corrected chi connectivity index (χ4v) is 2.82. The van der Waals surface area contributed by atoms with Gasteiger partial charge in [0.15, 0.2) is 0 Å². The van der Waals surface area contributed by atoms with Crippen molar-refractivity contribution >= 4 is 5.97 Å². The molecule has 0 aliphatic carbocycles. The lowest BCUT2D eigenvalue weighted by Crippen LogP contribution is -2.31. The summed E-state index contributed by atoms with van der Waals surface area (Å²) in [5, 5.41) is 12.6. The van der Waals surface area contributed by atoms with Crippen LogP contribution >= 0.6 is 0 Å². The van der Waals surface area contributed by atoms with Crippen LogP contribution in [0, 0.1) is 0 Å². The van der Waals surface area contributed by atoms with Gasteiger partial charge in [0, 0.05) is 18.2 Å². The molecule has 0 saturated carbocycles. The van der Waals surface area contributed by atoms with Crippen LogP contribution in [-0.4, -0.2) is 40.8 Å². The first-order chi connectivity index (χ1) is 10.7. The van der Waals surface area contributed by atoms with E-state index in [0.29, 0.717) is 5.69 Å². The Morgan fingerprint density at radius 1 is 1.18 bits per heavy atom. The fourth-order valence-electron chi connectivity index (χ4n) is 2.82. The van der Waals surface area contributed by atoms with Gasteiger partial charge in [0.25, 0.3) is 0 Å². The van der Waals surface area contributed by atoms with E-state index in [1.54, 1.807) is 0 Å². The zero-order valence-corrected chi connectivity index (χ0v) is 12.5. The molecule has 1 fully saturated rings. The third-order valence-corrected chi connectivity index (χ3v) is 4.14. The Kier molecular flexibility index (Phi) is 4.53. The minimum Gasteiger partial charge on any atom is -0.475 e. The molecule has 0 bridgehead atoms. The van der Waals surface area contributed by atoms with Gasteiger partial charge in [0.05, 0.1) is 0 Å². The second-order valence-electron chi connectivity index (χ2n) is 5.73. The first-order valence-electron chi connectivity index (χ1n) is 7.74. The molecule has 0 amide bonds. The van der Waals surface area contributed by atoms with E-state index in [0.717, 1.165) is 18.5 Å². The molecule has 22 heavy (non-hydrogen) atoms. The number of carboxylic acids is 1. The maximum atomic E-state index is 10.8. The van der Waals surface area contributed by atoms with E-state index in [1.165, 1.54) is 44.0 Å². The van der Waals surface area contributed by atoms with E-state index >= 15 is 0 Å². The van der Waals surface area contributed by atoms with Gasteiger partial charge in [0.1, 0.15) is 5.69 Å². The number of nitrogens with zero attached hydrogens (tertiary/aromatic N) is 2. The van der Waals surface area contributed by atoms with Crippen LogP contribution < -0.4 is 0 Å². The molecule has 0 unspecified atom stereocenters. The number of benzene rings is 1. The fraction of sp³-hybridized carbons (Fsp3) is 0.412. The average Bonchev–Trinajstić information content (AvgIpc) is 3.05. The first-order valence-corrected chi connectivity index (χ1v) is 7.74. The molecule has 5 nitrogen and oxygen atoms in total. The van der Waals surface area contributed by atoms with Crippen LogP contribution in [0.5, 0.6) is 0 Å². The number of carbonyl (C=O) groups is 1. The Labute approximate surface area is 129 Å². The van der Waals surface area contributed by atoms with Crippen molar-refractivity contribution < 1.29 is 14.4 Å². The molecule has 1 N–H and O–H groups in total. The van der Waals surface area contributed by atoms with Crippen molar-refractivity contribution in [2.45, 2.75) is 25.7 Å². The van der Waals surface area contributed by atoms with E-state index < -0.39 is 5.97 Å². The number of likely N-dealkylation sites (tertiary alicyclic amines) is 1. The zero-order chi connectivity index (χ0) is 15.4. The molecule has 5 heteroatoms. The largest absolute Gasteiger partial charge is 0.475 e. The highest BCUT2D eigenvalue weighted by molar-refractivity contribution is 5.85. The van der Waals surface area contributed by atoms with Crippen LogP contribution in [0.2, 0.25) is 0 Å². The van der Waals surface area contributed by atoms with Crippen LogP contribution in [0.4, 0.5) is 0 Å². The normalized spacial score (nSPS) is 15.8. The van der Waals surface area contributed by atoms with Gasteiger partial charge in [-0.05, 0) is 37.9 Å². The minimum atomic E-state index is -1.10. The predicted molar refractivity (Wildman–Crippen MR) is 82.9 cm³/mol. The number of hydrogen-bond donors (Lipinski definition) is 1. The van der Waals surface area contributed by atoms with E-state index in [2.05, 4.69) is 22.2 Å². The molecule has 0 radical (unpaired) electrons. The molecular formula is C17H20N2O3. The number of aromatic carboxylic acids is 1. The van der Waals surface area contributed by atoms with Crippen LogP contribution in [0.1, 0.15) is 35.4 Å². The van der Waals surface area contributed by atoms with Crippen LogP contribution in [0.15, 0.2) is 34.9 Å². The van der Waals surface area contributed by atoms with Crippen LogP contribution in [0.25, 0.3) is 11.3 Å². The maximum absolute atomic E-state index is 10.8. The lowest BCUT2D eigenvalue weighted by molar-refractivity contribution is 0.0652. The van der Waals surface area contributed by atoms with Crippen molar-refractivity contribution in [3.8, 4) is 11.3 Å². The summed E-state index contributed by atoms with van der Waals surface area (Å²) in [4.78, 5) is 13.3. The van der Waals surface area contributed by atoms with Gasteiger partial charge in [0.2, 0.25) is 5.76 Å². The van der Waals surface area contributed by atoms with Crippen molar-refractivity contribution in [2.24, 2.45) is 0 Å². The number of aromatic nitrogens is 1. The van der Waals surface area contributed by atoms with Crippen LogP contribution in [0.3, 0.4) is 0 Å². The summed E-state index contributed by atoms with van der Waals surface area (Å²) >= 11 is 0. The van der Waals surface area contributed by atoms with Gasteiger partial charge < -0.3 is 14.5 Å². The molecule has 3 rings (SSSR count). The first kappa shape index (κ1) is 14.8. The van der Waals surface area contributed by atoms with Gasteiger partial charge in [-0.2, -0.15) is 0 Å². The summed E-state index contributed by atoms with van der Waals surface area (Å²) in [7, 11) is 0. The smallest absolute Gasteiger partial charge is 0.374 e. The lowest BCUT2D eigenvalue weighted by atomic mass is 10.1. The highest BCUT2D eigenvalue weighted by Gasteiger charge is 2.13. The molecule has 0 spiro atoms. The highest BCUT2D eigenvalue weighted by Crippen LogP contribution is 2.20. The monoisotopic (exact) mass is 300 g/mol. The topological polar surface area (TPSA) is 66.6 Å². The number of carboxylic acid groups (broad SMARTS) is 1. The second kappa shape index (κ2) is 6.75. The zero-order valence-electron chi connectivity index (χ0n) is 12.5. The second-order valence-corrected chi connectivity index (χ2v) is 5.73. The molecule has 116 valence electrons. The molecule has 1 aromatic carbocycles. The molecule has 1 aromatic heterocycles. The van der Waals surface area contributed by atoms with E-state index in [-0.39, 0.29) is 5.76 Å². The van der Waals surface area contributed by atoms with E-state index in [4.69, 9.17) is 9.63 Å². The van der Waals surface area contributed by atoms with Crippen molar-refractivity contribution in [3.63, 3.8) is 0 Å². The predicted octanol–water partition coefficient (Wildman–Crippen LogP) is 3.07. The van der Waals surface area contributed by atoms with Crippen molar-refractivity contribution in [1.29, 1.82) is 0 Å². The highest BCUT2D eigenvalue weighted by atomic mass is 16.5. The number of hydrogen-bond acceptors (Lipinski definition) is 4. The van der Waals surface area contributed by atoms with E-state index in [9.17, 15) is 4.79 Å². The van der Waals surface area contributed by atoms with Gasteiger partial charge in [-0.15, -0.1) is 0 Å². The Hall–Kier alpha value is -2.14. The lowest BCUT2D eigenvalue weighted by Gasteiger charge is -2.26. The van der Waals surface area contributed by atoms with Crippen LogP contribution in [-0.2, 0) is 6.42 Å². The molecule has 0 atom stereocenters. The van der Waals surface area contributed by atoms with Crippen molar-refractivity contribution in [3.05, 3.63) is 41.7 Å². The Morgan fingerprint density at radius 3 is 2.55 bits per heavy atom. The summed E-state index contributed by atoms with van der Waals surface area (Å²) in [6, 6.07) is 9.54. The standard InChI is InChI=1S/C17H20N2O3/c20-17(21)16-12-15(18-22-16)14-6-4-13(5-7-14)8-11-19-9-2-1-3-10-19/h4-7,12H,1-3,8-11H2,(H,20,21). The quantitative estimate of drug-likeness (QED) is 0.919.